The highest BCUT2D eigenvalue weighted by Crippen LogP contribution is 2.14. The fourth-order valence-corrected chi connectivity index (χ4v) is 2.21. The summed E-state index contributed by atoms with van der Waals surface area (Å²) < 4.78 is 0. The van der Waals surface area contributed by atoms with E-state index in [1.165, 1.54) is 0 Å². The summed E-state index contributed by atoms with van der Waals surface area (Å²) in [6, 6.07) is 3.65. The molecule has 106 valence electrons. The molecule has 0 saturated carbocycles. The Kier molecular flexibility index (Phi) is 4.50. The monoisotopic (exact) mass is 273 g/mol. The molecule has 1 N–H and O–H groups in total. The van der Waals surface area contributed by atoms with Gasteiger partial charge in [0.25, 0.3) is 5.91 Å². The fraction of sp³-hybridized carbons (Fsp3) is 0.400. The number of amides is 2. The van der Waals surface area contributed by atoms with E-state index in [1.54, 1.807) is 36.4 Å². The minimum Gasteiger partial charge on any atom is -0.349 e. The van der Waals surface area contributed by atoms with Crippen molar-refractivity contribution in [2.24, 2.45) is 0 Å². The Morgan fingerprint density at radius 3 is 2.65 bits per heavy atom. The van der Waals surface area contributed by atoms with Crippen LogP contribution in [0.15, 0.2) is 36.7 Å². The molecule has 0 bridgehead atoms. The zero-order valence-electron chi connectivity index (χ0n) is 11.6. The SMILES string of the molecule is C=C(C)C(=O)NC1CCN(C(=O)c2cccnc2)CC1. The molecule has 5 nitrogen and oxygen atoms in total. The lowest BCUT2D eigenvalue weighted by Crippen LogP contribution is -2.46. The lowest BCUT2D eigenvalue weighted by molar-refractivity contribution is -0.118. The second-order valence-corrected chi connectivity index (χ2v) is 5.06. The molecule has 20 heavy (non-hydrogen) atoms. The molecule has 0 aromatic carbocycles. The molecule has 1 aliphatic rings. The summed E-state index contributed by atoms with van der Waals surface area (Å²) in [5.41, 5.74) is 1.12. The molecule has 5 heteroatoms. The first kappa shape index (κ1) is 14.2. The first-order valence-electron chi connectivity index (χ1n) is 6.73. The highest BCUT2D eigenvalue weighted by atomic mass is 16.2. The Labute approximate surface area is 118 Å². The Bertz CT molecular complexity index is 505. The summed E-state index contributed by atoms with van der Waals surface area (Å²) in [6.45, 7) is 6.61. The predicted octanol–water partition coefficient (Wildman–Crippen LogP) is 1.38. The number of nitrogens with zero attached hydrogens (tertiary/aromatic N) is 2. The zero-order valence-corrected chi connectivity index (χ0v) is 11.6. The van der Waals surface area contributed by atoms with Gasteiger partial charge >= 0.3 is 0 Å². The summed E-state index contributed by atoms with van der Waals surface area (Å²) in [5.74, 6) is -0.107. The standard InChI is InChI=1S/C15H19N3O2/c1-11(2)14(19)17-13-5-8-18(9-6-13)15(20)12-4-3-7-16-10-12/h3-4,7,10,13H,1,5-6,8-9H2,2H3,(H,17,19). The highest BCUT2D eigenvalue weighted by Gasteiger charge is 2.24. The van der Waals surface area contributed by atoms with Gasteiger partial charge in [0.15, 0.2) is 0 Å². The van der Waals surface area contributed by atoms with Gasteiger partial charge in [-0.3, -0.25) is 14.6 Å². The minimum absolute atomic E-state index is 0.00257. The first-order valence-corrected chi connectivity index (χ1v) is 6.73. The van der Waals surface area contributed by atoms with Gasteiger partial charge in [0.2, 0.25) is 5.91 Å². The van der Waals surface area contributed by atoms with Crippen molar-refractivity contribution in [3.8, 4) is 0 Å². The molecular weight excluding hydrogens is 254 g/mol. The van der Waals surface area contributed by atoms with Crippen molar-refractivity contribution in [3.63, 3.8) is 0 Å². The van der Waals surface area contributed by atoms with Gasteiger partial charge in [-0.2, -0.15) is 0 Å². The third kappa shape index (κ3) is 3.44. The molecule has 0 spiro atoms. The summed E-state index contributed by atoms with van der Waals surface area (Å²) >= 11 is 0. The van der Waals surface area contributed by atoms with Crippen molar-refractivity contribution in [3.05, 3.63) is 42.2 Å². The molecule has 2 heterocycles. The van der Waals surface area contributed by atoms with Crippen molar-refractivity contribution in [2.75, 3.05) is 13.1 Å². The molecule has 0 radical (unpaired) electrons. The second-order valence-electron chi connectivity index (χ2n) is 5.06. The minimum atomic E-state index is -0.109. The molecule has 2 amide bonds. The average molecular weight is 273 g/mol. The molecule has 1 fully saturated rings. The first-order chi connectivity index (χ1) is 9.58. The highest BCUT2D eigenvalue weighted by molar-refractivity contribution is 5.94. The molecule has 0 aliphatic carbocycles. The van der Waals surface area contributed by atoms with Crippen LogP contribution in [0.4, 0.5) is 0 Å². The van der Waals surface area contributed by atoms with Crippen LogP contribution in [-0.4, -0.2) is 40.8 Å². The van der Waals surface area contributed by atoms with Gasteiger partial charge < -0.3 is 10.2 Å². The second kappa shape index (κ2) is 6.32. The summed E-state index contributed by atoms with van der Waals surface area (Å²) in [7, 11) is 0. The molecule has 0 atom stereocenters. The van der Waals surface area contributed by atoms with Crippen molar-refractivity contribution in [2.45, 2.75) is 25.8 Å². The number of hydrogen-bond acceptors (Lipinski definition) is 3. The molecule has 1 saturated heterocycles. The molecule has 1 aromatic heterocycles. The van der Waals surface area contributed by atoms with Crippen LogP contribution >= 0.6 is 0 Å². The largest absolute Gasteiger partial charge is 0.349 e. The predicted molar refractivity (Wildman–Crippen MR) is 76.1 cm³/mol. The van der Waals surface area contributed by atoms with E-state index in [0.29, 0.717) is 24.2 Å². The van der Waals surface area contributed by atoms with Gasteiger partial charge in [0, 0.05) is 37.1 Å². The molecule has 0 unspecified atom stereocenters. The van der Waals surface area contributed by atoms with Crippen molar-refractivity contribution < 1.29 is 9.59 Å². The number of carbonyl (C=O) groups is 2. The van der Waals surface area contributed by atoms with Crippen molar-refractivity contribution >= 4 is 11.8 Å². The van der Waals surface area contributed by atoms with Crippen molar-refractivity contribution in [1.29, 1.82) is 0 Å². The van der Waals surface area contributed by atoms with Crippen LogP contribution < -0.4 is 5.32 Å². The van der Waals surface area contributed by atoms with Crippen LogP contribution in [0.25, 0.3) is 0 Å². The van der Waals surface area contributed by atoms with Crippen LogP contribution in [0.5, 0.6) is 0 Å². The van der Waals surface area contributed by atoms with Crippen LogP contribution in [0.1, 0.15) is 30.1 Å². The number of piperidine rings is 1. The quantitative estimate of drug-likeness (QED) is 0.846. The van der Waals surface area contributed by atoms with Gasteiger partial charge in [-0.1, -0.05) is 6.58 Å². The fourth-order valence-electron chi connectivity index (χ4n) is 2.21. The van der Waals surface area contributed by atoms with Gasteiger partial charge in [-0.15, -0.1) is 0 Å². The van der Waals surface area contributed by atoms with Gasteiger partial charge in [0.05, 0.1) is 5.56 Å². The zero-order chi connectivity index (χ0) is 14.5. The Morgan fingerprint density at radius 1 is 1.40 bits per heavy atom. The third-order valence-electron chi connectivity index (χ3n) is 3.41. The lowest BCUT2D eigenvalue weighted by Gasteiger charge is -2.32. The third-order valence-corrected chi connectivity index (χ3v) is 3.41. The van der Waals surface area contributed by atoms with E-state index < -0.39 is 0 Å². The number of nitrogens with one attached hydrogen (secondary N) is 1. The maximum absolute atomic E-state index is 12.2. The number of carbonyl (C=O) groups excluding carboxylic acids is 2. The van der Waals surface area contributed by atoms with Crippen LogP contribution in [-0.2, 0) is 4.79 Å². The summed E-state index contributed by atoms with van der Waals surface area (Å²) in [6.07, 6.45) is 4.77. The molecule has 1 aliphatic heterocycles. The van der Waals surface area contributed by atoms with E-state index in [4.69, 9.17) is 0 Å². The van der Waals surface area contributed by atoms with Gasteiger partial charge in [-0.25, -0.2) is 0 Å². The molecule has 2 rings (SSSR count). The Morgan fingerprint density at radius 2 is 2.10 bits per heavy atom. The van der Waals surface area contributed by atoms with Crippen LogP contribution in [0.2, 0.25) is 0 Å². The van der Waals surface area contributed by atoms with E-state index in [1.807, 2.05) is 0 Å². The van der Waals surface area contributed by atoms with E-state index in [9.17, 15) is 9.59 Å². The maximum Gasteiger partial charge on any atom is 0.255 e. The van der Waals surface area contributed by atoms with E-state index in [2.05, 4.69) is 16.9 Å². The van der Waals surface area contributed by atoms with Crippen LogP contribution in [0, 0.1) is 0 Å². The van der Waals surface area contributed by atoms with Crippen LogP contribution in [0.3, 0.4) is 0 Å². The topological polar surface area (TPSA) is 62.3 Å². The smallest absolute Gasteiger partial charge is 0.255 e. The van der Waals surface area contributed by atoms with Gasteiger partial charge in [0.1, 0.15) is 0 Å². The number of pyridine rings is 1. The number of hydrogen-bond donors (Lipinski definition) is 1. The Hall–Kier alpha value is -2.17. The average Bonchev–Trinajstić information content (AvgIpc) is 2.48. The van der Waals surface area contributed by atoms with Crippen molar-refractivity contribution in [1.82, 2.24) is 15.2 Å². The molecular formula is C15H19N3O2. The lowest BCUT2D eigenvalue weighted by atomic mass is 10.0. The maximum atomic E-state index is 12.2. The van der Waals surface area contributed by atoms with Gasteiger partial charge in [-0.05, 0) is 31.9 Å². The van der Waals surface area contributed by atoms with E-state index in [-0.39, 0.29) is 17.9 Å². The summed E-state index contributed by atoms with van der Waals surface area (Å²) in [5, 5.41) is 2.93. The normalized spacial score (nSPS) is 15.8. The van der Waals surface area contributed by atoms with E-state index >= 15 is 0 Å². The van der Waals surface area contributed by atoms with E-state index in [0.717, 1.165) is 12.8 Å². The molecule has 1 aromatic rings. The number of rotatable bonds is 3. The summed E-state index contributed by atoms with van der Waals surface area (Å²) in [4.78, 5) is 29.5. The number of likely N-dealkylation sites (tertiary alicyclic amines) is 1. The Balaban J connectivity index is 1.87. The number of aromatic nitrogens is 1.